The Morgan fingerprint density at radius 3 is 2.44 bits per heavy atom. The van der Waals surface area contributed by atoms with E-state index in [9.17, 15) is 4.79 Å². The van der Waals surface area contributed by atoms with Gasteiger partial charge in [-0.05, 0) is 37.8 Å². The lowest BCUT2D eigenvalue weighted by Gasteiger charge is -2.28. The van der Waals surface area contributed by atoms with Crippen molar-refractivity contribution in [2.45, 2.75) is 37.8 Å². The van der Waals surface area contributed by atoms with Gasteiger partial charge in [-0.2, -0.15) is 0 Å². The summed E-state index contributed by atoms with van der Waals surface area (Å²) >= 11 is 0. The highest BCUT2D eigenvalue weighted by atomic mass is 35.5. The van der Waals surface area contributed by atoms with E-state index < -0.39 is 6.09 Å². The Morgan fingerprint density at radius 1 is 1.28 bits per heavy atom. The molecule has 0 unspecified atom stereocenters. The van der Waals surface area contributed by atoms with Gasteiger partial charge in [-0.15, -0.1) is 12.4 Å². The van der Waals surface area contributed by atoms with Gasteiger partial charge in [0.15, 0.2) is 0 Å². The molecule has 1 aromatic rings. The van der Waals surface area contributed by atoms with Gasteiger partial charge in [-0.1, -0.05) is 0 Å². The quantitative estimate of drug-likeness (QED) is 0.887. The number of nitrogens with one attached hydrogen (secondary N) is 1. The summed E-state index contributed by atoms with van der Waals surface area (Å²) in [5, 5.41) is 11.1. The Hall–Kier alpha value is -1.49. The molecular weight excluding hydrogens is 256 g/mol. The maximum Gasteiger partial charge on any atom is 0.404 e. The molecule has 0 saturated heterocycles. The summed E-state index contributed by atoms with van der Waals surface area (Å²) < 4.78 is 5.79. The topological polar surface area (TPSA) is 71.5 Å². The molecule has 1 aliphatic carbocycles. The smallest absolute Gasteiger partial charge is 0.404 e. The number of amides is 1. The van der Waals surface area contributed by atoms with Gasteiger partial charge >= 0.3 is 6.09 Å². The maximum absolute atomic E-state index is 10.5. The number of hydrogen-bond donors (Lipinski definition) is 2. The second-order valence-corrected chi connectivity index (χ2v) is 4.22. The third-order valence-electron chi connectivity index (χ3n) is 2.95. The van der Waals surface area contributed by atoms with Crippen LogP contribution in [-0.4, -0.2) is 28.3 Å². The molecule has 0 bridgehead atoms. The van der Waals surface area contributed by atoms with Gasteiger partial charge in [0.2, 0.25) is 0 Å². The van der Waals surface area contributed by atoms with Crippen molar-refractivity contribution in [3.63, 3.8) is 0 Å². The van der Waals surface area contributed by atoms with Gasteiger partial charge in [0.25, 0.3) is 0 Å². The Balaban J connectivity index is 0.00000162. The minimum atomic E-state index is -0.941. The van der Waals surface area contributed by atoms with Crippen LogP contribution in [-0.2, 0) is 0 Å². The number of carboxylic acid groups (broad SMARTS) is 1. The molecule has 1 amide bonds. The largest absolute Gasteiger partial charge is 0.490 e. The lowest BCUT2D eigenvalue weighted by Crippen LogP contribution is -2.38. The average molecular weight is 273 g/mol. The van der Waals surface area contributed by atoms with Gasteiger partial charge in [0.1, 0.15) is 5.75 Å². The number of aromatic nitrogens is 1. The summed E-state index contributed by atoms with van der Waals surface area (Å²) in [7, 11) is 0. The molecular formula is C12H17ClN2O3. The number of halogens is 1. The van der Waals surface area contributed by atoms with E-state index in [0.29, 0.717) is 0 Å². The van der Waals surface area contributed by atoms with E-state index in [1.807, 2.05) is 12.1 Å². The van der Waals surface area contributed by atoms with E-state index in [1.54, 1.807) is 12.4 Å². The molecule has 0 aliphatic heterocycles. The molecule has 2 N–H and O–H groups in total. The first-order valence-corrected chi connectivity index (χ1v) is 5.80. The Labute approximate surface area is 112 Å². The minimum absolute atomic E-state index is 0. The zero-order valence-electron chi connectivity index (χ0n) is 9.91. The molecule has 0 atom stereocenters. The second-order valence-electron chi connectivity index (χ2n) is 4.22. The van der Waals surface area contributed by atoms with Crippen LogP contribution >= 0.6 is 12.4 Å². The highest BCUT2D eigenvalue weighted by Gasteiger charge is 2.23. The fourth-order valence-electron chi connectivity index (χ4n) is 2.11. The van der Waals surface area contributed by atoms with Crippen LogP contribution in [0.25, 0.3) is 0 Å². The van der Waals surface area contributed by atoms with Crippen molar-refractivity contribution in [3.05, 3.63) is 24.5 Å². The molecule has 0 spiro atoms. The zero-order valence-corrected chi connectivity index (χ0v) is 10.7. The molecule has 0 aromatic carbocycles. The Kier molecular flexibility index (Phi) is 5.71. The van der Waals surface area contributed by atoms with Crippen molar-refractivity contribution in [2.75, 3.05) is 0 Å². The van der Waals surface area contributed by atoms with Crippen molar-refractivity contribution in [1.82, 2.24) is 10.3 Å². The lowest BCUT2D eigenvalue weighted by atomic mass is 9.93. The first kappa shape index (κ1) is 14.6. The third-order valence-corrected chi connectivity index (χ3v) is 2.95. The van der Waals surface area contributed by atoms with E-state index in [1.165, 1.54) is 0 Å². The van der Waals surface area contributed by atoms with Gasteiger partial charge in [0, 0.05) is 18.4 Å². The highest BCUT2D eigenvalue weighted by Crippen LogP contribution is 2.23. The summed E-state index contributed by atoms with van der Waals surface area (Å²) in [5.74, 6) is 0.828. The van der Waals surface area contributed by atoms with E-state index in [4.69, 9.17) is 9.84 Å². The number of ether oxygens (including phenoxy) is 1. The molecule has 1 aliphatic rings. The van der Waals surface area contributed by atoms with Gasteiger partial charge in [-0.3, -0.25) is 4.98 Å². The molecule has 1 heterocycles. The van der Waals surface area contributed by atoms with Gasteiger partial charge < -0.3 is 15.2 Å². The molecule has 100 valence electrons. The monoisotopic (exact) mass is 272 g/mol. The second kappa shape index (κ2) is 7.06. The van der Waals surface area contributed by atoms with E-state index in [2.05, 4.69) is 10.3 Å². The van der Waals surface area contributed by atoms with Crippen LogP contribution < -0.4 is 10.1 Å². The van der Waals surface area contributed by atoms with Crippen LogP contribution in [0, 0.1) is 0 Å². The molecule has 5 nitrogen and oxygen atoms in total. The van der Waals surface area contributed by atoms with E-state index in [-0.39, 0.29) is 24.6 Å². The predicted molar refractivity (Wildman–Crippen MR) is 69.3 cm³/mol. The van der Waals surface area contributed by atoms with E-state index in [0.717, 1.165) is 31.4 Å². The van der Waals surface area contributed by atoms with Crippen molar-refractivity contribution >= 4 is 18.5 Å². The normalized spacial score (nSPS) is 22.7. The van der Waals surface area contributed by atoms with Crippen LogP contribution in [0.2, 0.25) is 0 Å². The molecule has 2 rings (SSSR count). The molecule has 18 heavy (non-hydrogen) atoms. The standard InChI is InChI=1S/C12H16N2O3.ClH/c15-12(16)14-9-1-3-10(4-2-9)17-11-5-7-13-8-6-11;/h5-10,14H,1-4H2,(H,15,16);1H. The van der Waals surface area contributed by atoms with Crippen LogP contribution in [0.3, 0.4) is 0 Å². The zero-order chi connectivity index (χ0) is 12.1. The molecule has 1 aromatic heterocycles. The average Bonchev–Trinajstić information content (AvgIpc) is 2.32. The van der Waals surface area contributed by atoms with Crippen LogP contribution in [0.5, 0.6) is 5.75 Å². The number of rotatable bonds is 3. The first-order valence-electron chi connectivity index (χ1n) is 5.80. The summed E-state index contributed by atoms with van der Waals surface area (Å²) in [6, 6.07) is 3.74. The maximum atomic E-state index is 10.5. The van der Waals surface area contributed by atoms with Crippen molar-refractivity contribution in [3.8, 4) is 5.75 Å². The minimum Gasteiger partial charge on any atom is -0.490 e. The molecule has 1 fully saturated rings. The third kappa shape index (κ3) is 4.41. The molecule has 6 heteroatoms. The summed E-state index contributed by atoms with van der Waals surface area (Å²) in [4.78, 5) is 14.4. The Morgan fingerprint density at radius 2 is 1.89 bits per heavy atom. The number of pyridine rings is 1. The first-order chi connectivity index (χ1) is 8.24. The van der Waals surface area contributed by atoms with Gasteiger partial charge in [0.05, 0.1) is 6.10 Å². The fourth-order valence-corrected chi connectivity index (χ4v) is 2.11. The number of hydrogen-bond acceptors (Lipinski definition) is 3. The summed E-state index contributed by atoms with van der Waals surface area (Å²) in [5.41, 5.74) is 0. The lowest BCUT2D eigenvalue weighted by molar-refractivity contribution is 0.134. The highest BCUT2D eigenvalue weighted by molar-refractivity contribution is 5.85. The molecule has 1 saturated carbocycles. The SMILES string of the molecule is Cl.O=C(O)NC1CCC(Oc2ccncc2)CC1. The van der Waals surface area contributed by atoms with Crippen LogP contribution in [0.1, 0.15) is 25.7 Å². The van der Waals surface area contributed by atoms with Crippen molar-refractivity contribution < 1.29 is 14.6 Å². The summed E-state index contributed by atoms with van der Waals surface area (Å²) in [6.07, 6.45) is 6.08. The predicted octanol–water partition coefficient (Wildman–Crippen LogP) is 2.46. The van der Waals surface area contributed by atoms with Crippen molar-refractivity contribution in [2.24, 2.45) is 0 Å². The van der Waals surface area contributed by atoms with Crippen molar-refractivity contribution in [1.29, 1.82) is 0 Å². The Bertz CT molecular complexity index is 367. The van der Waals surface area contributed by atoms with Crippen LogP contribution in [0.15, 0.2) is 24.5 Å². The summed E-state index contributed by atoms with van der Waals surface area (Å²) in [6.45, 7) is 0. The van der Waals surface area contributed by atoms with E-state index >= 15 is 0 Å². The molecule has 0 radical (unpaired) electrons. The van der Waals surface area contributed by atoms with Crippen LogP contribution in [0.4, 0.5) is 4.79 Å². The number of carbonyl (C=O) groups is 1. The van der Waals surface area contributed by atoms with Gasteiger partial charge in [-0.25, -0.2) is 4.79 Å². The number of nitrogens with zero attached hydrogens (tertiary/aromatic N) is 1. The fraction of sp³-hybridized carbons (Fsp3) is 0.500.